The van der Waals surface area contributed by atoms with Crippen molar-refractivity contribution < 1.29 is 83.3 Å². The summed E-state index contributed by atoms with van der Waals surface area (Å²) in [6, 6.07) is 0. The molecule has 0 aliphatic carbocycles. The number of Topliss-reactive ketones (excluding diaryl/α,β-unsaturated/α-hetero) is 1. The van der Waals surface area contributed by atoms with Crippen molar-refractivity contribution in [1.29, 1.82) is 0 Å². The molecule has 0 aromatic rings. The minimum absolute atomic E-state index is 0. The summed E-state index contributed by atoms with van der Waals surface area (Å²) in [4.78, 5) is 26.2. The number of ketones is 1. The van der Waals surface area contributed by atoms with E-state index in [2.05, 4.69) is 20.8 Å². The molecular formula is C42H69NaO11. The third-order valence-corrected chi connectivity index (χ3v) is 14.4. The first-order valence-corrected chi connectivity index (χ1v) is 20.7. The molecule has 54 heavy (non-hydrogen) atoms. The second-order valence-electron chi connectivity index (χ2n) is 17.9. The molecular weight excluding hydrogens is 703 g/mol. The van der Waals surface area contributed by atoms with Crippen LogP contribution in [0.1, 0.15) is 133 Å². The Kier molecular flexibility index (Phi) is 15.3. The zero-order chi connectivity index (χ0) is 39.3. The van der Waals surface area contributed by atoms with E-state index < -0.39 is 82.9 Å². The van der Waals surface area contributed by atoms with Crippen LogP contribution in [0.4, 0.5) is 0 Å². The van der Waals surface area contributed by atoms with Gasteiger partial charge in [-0.3, -0.25) is 4.79 Å². The molecule has 15 unspecified atom stereocenters. The zero-order valence-electron chi connectivity index (χ0n) is 34.9. The standard InChI is InChI=1S/C42H70O11.Na/c1-11-29(38(46)47)31-15-14-23(4)36(50-31)27(8)34(44)26(7)35(45)30(12-2)37-24(5)22-25(6)41(51-37)19-16-32(43)42(53-41)21-20-39(10,52-42)33-17-18-40(48,13-3)28(9)49-33;/h16,19,23-34,36-37,43-44,48H,11-15,17-18,20-22H2,1-10H3,(H,46,47);/q;+1/p-1/t23?,24?,25?,26?,27?,28?,29?,30?,31?,32?,33?,34?,36?,37?,39-,40+,41?,42-;/m1./s1. The summed E-state index contributed by atoms with van der Waals surface area (Å²) in [5.74, 6) is -6.24. The van der Waals surface area contributed by atoms with Gasteiger partial charge in [-0.05, 0) is 95.6 Å². The molecule has 12 heteroatoms. The van der Waals surface area contributed by atoms with Gasteiger partial charge < -0.3 is 48.9 Å². The van der Waals surface area contributed by atoms with Crippen molar-refractivity contribution in [3.63, 3.8) is 0 Å². The Bertz CT molecular complexity index is 1330. The van der Waals surface area contributed by atoms with Gasteiger partial charge in [0.05, 0.1) is 47.8 Å². The van der Waals surface area contributed by atoms with Crippen molar-refractivity contribution in [3.8, 4) is 0 Å². The third-order valence-electron chi connectivity index (χ3n) is 14.4. The largest absolute Gasteiger partial charge is 1.00 e. The van der Waals surface area contributed by atoms with E-state index in [4.69, 9.17) is 23.7 Å². The normalized spacial score (nSPS) is 45.3. The van der Waals surface area contributed by atoms with Crippen molar-refractivity contribution in [1.82, 2.24) is 0 Å². The second-order valence-corrected chi connectivity index (χ2v) is 17.9. The van der Waals surface area contributed by atoms with Gasteiger partial charge in [-0.1, -0.05) is 55.4 Å². The van der Waals surface area contributed by atoms with Gasteiger partial charge in [0.15, 0.2) is 5.79 Å². The molecule has 5 heterocycles. The Balaban J connectivity index is 0.00000650. The molecule has 3 N–H and O–H groups in total. The maximum Gasteiger partial charge on any atom is 1.00 e. The van der Waals surface area contributed by atoms with E-state index in [1.54, 1.807) is 19.1 Å². The summed E-state index contributed by atoms with van der Waals surface area (Å²) in [5, 5.41) is 46.0. The van der Waals surface area contributed by atoms with E-state index in [0.717, 1.165) is 6.42 Å². The fourth-order valence-electron chi connectivity index (χ4n) is 10.5. The Morgan fingerprint density at radius 1 is 0.907 bits per heavy atom. The minimum Gasteiger partial charge on any atom is -0.550 e. The average Bonchev–Trinajstić information content (AvgIpc) is 3.47. The van der Waals surface area contributed by atoms with Gasteiger partial charge in [0.1, 0.15) is 11.9 Å². The van der Waals surface area contributed by atoms with Gasteiger partial charge >= 0.3 is 29.6 Å². The number of hydrogen-bond acceptors (Lipinski definition) is 11. The first-order valence-electron chi connectivity index (χ1n) is 20.7. The zero-order valence-corrected chi connectivity index (χ0v) is 36.9. The Morgan fingerprint density at radius 2 is 1.57 bits per heavy atom. The fourth-order valence-corrected chi connectivity index (χ4v) is 10.5. The average molecular weight is 773 g/mol. The maximum atomic E-state index is 14.4. The van der Waals surface area contributed by atoms with E-state index >= 15 is 0 Å². The molecule has 5 aliphatic rings. The predicted molar refractivity (Wildman–Crippen MR) is 196 cm³/mol. The summed E-state index contributed by atoms with van der Waals surface area (Å²) in [7, 11) is 0. The number of carboxylic acids is 1. The van der Waals surface area contributed by atoms with Crippen molar-refractivity contribution in [2.75, 3.05) is 0 Å². The van der Waals surface area contributed by atoms with Crippen LogP contribution in [0.5, 0.6) is 0 Å². The van der Waals surface area contributed by atoms with E-state index in [1.807, 2.05) is 41.5 Å². The van der Waals surface area contributed by atoms with Crippen LogP contribution < -0.4 is 34.7 Å². The van der Waals surface area contributed by atoms with Crippen molar-refractivity contribution in [3.05, 3.63) is 12.2 Å². The quantitative estimate of drug-likeness (QED) is 0.196. The molecule has 18 atom stereocenters. The summed E-state index contributed by atoms with van der Waals surface area (Å²) in [5.41, 5.74) is -1.64. The van der Waals surface area contributed by atoms with E-state index in [0.29, 0.717) is 57.8 Å². The molecule has 0 saturated carbocycles. The van der Waals surface area contributed by atoms with Crippen LogP contribution in [0.15, 0.2) is 12.2 Å². The number of ether oxygens (including phenoxy) is 5. The SMILES string of the molecule is CCC(C(=O)[O-])C1CCC(C)C(C(C)C(O)C(C)C(=O)C(CC)C2OC3(C=CC(O)[C@@]4(CC[C@](C)(C5CC[C@@](O)(CC)C(C)O5)O4)O3)C(C)CC2C)O1.[Na+]. The molecule has 4 saturated heterocycles. The number of aliphatic hydroxyl groups excluding tert-OH is 2. The first kappa shape index (κ1) is 46.3. The Hall–Kier alpha value is -0.440. The maximum absolute atomic E-state index is 14.4. The van der Waals surface area contributed by atoms with Crippen LogP contribution in [0, 0.1) is 41.4 Å². The molecule has 0 amide bonds. The van der Waals surface area contributed by atoms with Gasteiger partial charge in [-0.15, -0.1) is 0 Å². The molecule has 0 aromatic heterocycles. The fraction of sp³-hybridized carbons (Fsp3) is 0.905. The molecule has 0 bridgehead atoms. The smallest absolute Gasteiger partial charge is 0.550 e. The minimum atomic E-state index is -1.37. The molecule has 2 spiro atoms. The molecule has 5 aliphatic heterocycles. The van der Waals surface area contributed by atoms with Gasteiger partial charge in [0.25, 0.3) is 0 Å². The first-order chi connectivity index (χ1) is 24.8. The Morgan fingerprint density at radius 3 is 2.17 bits per heavy atom. The van der Waals surface area contributed by atoms with Crippen LogP contribution >= 0.6 is 0 Å². The summed E-state index contributed by atoms with van der Waals surface area (Å²) < 4.78 is 33.4. The van der Waals surface area contributed by atoms with E-state index in [-0.39, 0.29) is 65.3 Å². The number of aliphatic carboxylic acids is 1. The Labute approximate surface area is 345 Å². The molecule has 5 rings (SSSR count). The van der Waals surface area contributed by atoms with Crippen LogP contribution in [0.3, 0.4) is 0 Å². The summed E-state index contributed by atoms with van der Waals surface area (Å²) in [6.45, 7) is 19.5. The van der Waals surface area contributed by atoms with Gasteiger partial charge in [0.2, 0.25) is 5.79 Å². The van der Waals surface area contributed by atoms with Crippen LogP contribution in [0.2, 0.25) is 0 Å². The van der Waals surface area contributed by atoms with Gasteiger partial charge in [-0.25, -0.2) is 0 Å². The van der Waals surface area contributed by atoms with Crippen molar-refractivity contribution in [2.24, 2.45) is 41.4 Å². The molecule has 304 valence electrons. The third kappa shape index (κ3) is 8.63. The number of carboxylic acid groups (broad SMARTS) is 1. The molecule has 11 nitrogen and oxygen atoms in total. The topological polar surface area (TPSA) is 164 Å². The van der Waals surface area contributed by atoms with Crippen molar-refractivity contribution >= 4 is 11.8 Å². The van der Waals surface area contributed by atoms with Crippen LogP contribution in [0.25, 0.3) is 0 Å². The molecule has 0 radical (unpaired) electrons. The number of rotatable bonds is 12. The molecule has 0 aromatic carbocycles. The second kappa shape index (κ2) is 17.8. The van der Waals surface area contributed by atoms with E-state index in [9.17, 15) is 30.0 Å². The van der Waals surface area contributed by atoms with Crippen molar-refractivity contribution in [2.45, 2.75) is 199 Å². The summed E-state index contributed by atoms with van der Waals surface area (Å²) in [6.07, 6.45) is 5.22. The number of carbonyl (C=O) groups is 2. The van der Waals surface area contributed by atoms with Crippen LogP contribution in [-0.4, -0.2) is 92.6 Å². The van der Waals surface area contributed by atoms with Crippen LogP contribution in [-0.2, 0) is 33.3 Å². The summed E-state index contributed by atoms with van der Waals surface area (Å²) >= 11 is 0. The van der Waals surface area contributed by atoms with Gasteiger partial charge in [-0.2, -0.15) is 0 Å². The molecule has 4 fully saturated rings. The number of aliphatic hydroxyl groups is 3. The van der Waals surface area contributed by atoms with Gasteiger partial charge in [0, 0.05) is 42.0 Å². The van der Waals surface area contributed by atoms with E-state index in [1.165, 1.54) is 0 Å². The monoisotopic (exact) mass is 772 g/mol. The number of hydrogen-bond donors (Lipinski definition) is 3. The number of carbonyl (C=O) groups excluding carboxylic acids is 2. The predicted octanol–water partition coefficient (Wildman–Crippen LogP) is 1.86.